The third-order valence-electron chi connectivity index (χ3n) is 3.55. The Bertz CT molecular complexity index is 927. The molecule has 0 aliphatic heterocycles. The van der Waals surface area contributed by atoms with E-state index in [1.54, 1.807) is 18.3 Å². The van der Waals surface area contributed by atoms with E-state index in [2.05, 4.69) is 10.3 Å². The van der Waals surface area contributed by atoms with Crippen molar-refractivity contribution in [2.75, 3.05) is 18.2 Å². The predicted molar refractivity (Wildman–Crippen MR) is 98.9 cm³/mol. The van der Waals surface area contributed by atoms with Crippen molar-refractivity contribution in [1.82, 2.24) is 4.98 Å². The summed E-state index contributed by atoms with van der Waals surface area (Å²) in [5, 5.41) is 5.42. The van der Waals surface area contributed by atoms with E-state index in [9.17, 15) is 9.59 Å². The molecule has 5 nitrogen and oxygen atoms in total. The van der Waals surface area contributed by atoms with Crippen molar-refractivity contribution in [2.45, 2.75) is 5.03 Å². The van der Waals surface area contributed by atoms with Crippen molar-refractivity contribution in [2.24, 2.45) is 0 Å². The summed E-state index contributed by atoms with van der Waals surface area (Å²) in [6.45, 7) is -0.353. The summed E-state index contributed by atoms with van der Waals surface area (Å²) in [5.41, 5.74) is 1.01. The summed E-state index contributed by atoms with van der Waals surface area (Å²) in [6, 6.07) is 16.8. The van der Waals surface area contributed by atoms with E-state index >= 15 is 0 Å². The van der Waals surface area contributed by atoms with Crippen LogP contribution in [0.3, 0.4) is 0 Å². The van der Waals surface area contributed by atoms with Gasteiger partial charge in [0.25, 0.3) is 5.91 Å². The summed E-state index contributed by atoms with van der Waals surface area (Å²) in [5.74, 6) is -0.954. The van der Waals surface area contributed by atoms with E-state index < -0.39 is 11.9 Å². The van der Waals surface area contributed by atoms with Gasteiger partial charge in [-0.25, -0.2) is 9.78 Å². The normalized spacial score (nSPS) is 10.4. The average molecular weight is 352 g/mol. The maximum atomic E-state index is 12.1. The highest BCUT2D eigenvalue weighted by Crippen LogP contribution is 2.19. The van der Waals surface area contributed by atoms with Crippen LogP contribution in [0.1, 0.15) is 10.4 Å². The number of pyridine rings is 1. The number of nitrogens with one attached hydrogen (secondary N) is 1. The number of esters is 1. The van der Waals surface area contributed by atoms with Crippen LogP contribution in [0.2, 0.25) is 0 Å². The van der Waals surface area contributed by atoms with Gasteiger partial charge in [0.15, 0.2) is 6.61 Å². The fourth-order valence-corrected chi connectivity index (χ4v) is 2.92. The van der Waals surface area contributed by atoms with Crippen molar-refractivity contribution in [3.63, 3.8) is 0 Å². The zero-order chi connectivity index (χ0) is 17.6. The molecule has 0 atom stereocenters. The number of aromatic nitrogens is 1. The molecule has 0 bridgehead atoms. The van der Waals surface area contributed by atoms with Gasteiger partial charge >= 0.3 is 5.97 Å². The van der Waals surface area contributed by atoms with Gasteiger partial charge in [-0.15, -0.1) is 11.8 Å². The Hall–Kier alpha value is -2.86. The molecule has 1 heterocycles. The van der Waals surface area contributed by atoms with E-state index in [4.69, 9.17) is 4.74 Å². The Labute approximate surface area is 149 Å². The first kappa shape index (κ1) is 17.0. The Morgan fingerprint density at radius 3 is 2.68 bits per heavy atom. The summed E-state index contributed by atoms with van der Waals surface area (Å²) < 4.78 is 5.09. The smallest absolute Gasteiger partial charge is 0.341 e. The molecule has 3 rings (SSSR count). The molecule has 1 amide bonds. The SMILES string of the molecule is CSc1ncccc1C(=O)OCC(=O)Nc1ccc2ccccc2c1. The highest BCUT2D eigenvalue weighted by atomic mass is 32.2. The number of benzene rings is 2. The minimum Gasteiger partial charge on any atom is -0.452 e. The van der Waals surface area contributed by atoms with Gasteiger partial charge in [-0.1, -0.05) is 30.3 Å². The van der Waals surface area contributed by atoms with Gasteiger partial charge in [0.2, 0.25) is 0 Å². The number of amides is 1. The van der Waals surface area contributed by atoms with Crippen LogP contribution in [0.4, 0.5) is 5.69 Å². The van der Waals surface area contributed by atoms with Crippen molar-refractivity contribution < 1.29 is 14.3 Å². The largest absolute Gasteiger partial charge is 0.452 e. The van der Waals surface area contributed by atoms with Crippen molar-refractivity contribution in [3.8, 4) is 0 Å². The number of ether oxygens (including phenoxy) is 1. The van der Waals surface area contributed by atoms with Crippen LogP contribution in [0.5, 0.6) is 0 Å². The van der Waals surface area contributed by atoms with Crippen LogP contribution in [-0.2, 0) is 9.53 Å². The van der Waals surface area contributed by atoms with E-state index in [0.717, 1.165) is 10.8 Å². The molecule has 2 aromatic carbocycles. The maximum Gasteiger partial charge on any atom is 0.341 e. The van der Waals surface area contributed by atoms with Crippen LogP contribution >= 0.6 is 11.8 Å². The van der Waals surface area contributed by atoms with E-state index in [1.807, 2.05) is 48.7 Å². The first-order valence-electron chi connectivity index (χ1n) is 7.62. The second-order valence-electron chi connectivity index (χ2n) is 5.25. The minimum atomic E-state index is -0.564. The zero-order valence-corrected chi connectivity index (χ0v) is 14.4. The van der Waals surface area contributed by atoms with Crippen LogP contribution in [0, 0.1) is 0 Å². The third kappa shape index (κ3) is 4.16. The molecule has 0 saturated heterocycles. The molecule has 0 saturated carbocycles. The second-order valence-corrected chi connectivity index (χ2v) is 6.04. The molecule has 25 heavy (non-hydrogen) atoms. The molecule has 0 unspecified atom stereocenters. The predicted octanol–water partition coefficient (Wildman–Crippen LogP) is 3.75. The van der Waals surface area contributed by atoms with E-state index in [1.165, 1.54) is 11.8 Å². The van der Waals surface area contributed by atoms with Gasteiger partial charge in [0.1, 0.15) is 5.03 Å². The lowest BCUT2D eigenvalue weighted by Crippen LogP contribution is -2.21. The number of thioether (sulfide) groups is 1. The molecule has 0 radical (unpaired) electrons. The number of nitrogens with zero attached hydrogens (tertiary/aromatic N) is 1. The van der Waals surface area contributed by atoms with Gasteiger partial charge in [0.05, 0.1) is 5.56 Å². The standard InChI is InChI=1S/C19H16N2O3S/c1-25-18-16(7-4-10-20-18)19(23)24-12-17(22)21-15-9-8-13-5-2-3-6-14(13)11-15/h2-11H,12H2,1H3,(H,21,22). The minimum absolute atomic E-state index is 0.353. The van der Waals surface area contributed by atoms with Gasteiger partial charge in [0, 0.05) is 11.9 Å². The van der Waals surface area contributed by atoms with Gasteiger partial charge in [-0.2, -0.15) is 0 Å². The number of carbonyl (C=O) groups is 2. The summed E-state index contributed by atoms with van der Waals surface area (Å²) >= 11 is 1.35. The van der Waals surface area contributed by atoms with Crippen molar-refractivity contribution in [1.29, 1.82) is 0 Å². The highest BCUT2D eigenvalue weighted by molar-refractivity contribution is 7.98. The maximum absolute atomic E-state index is 12.1. The Morgan fingerprint density at radius 2 is 1.88 bits per heavy atom. The Kier molecular flexibility index (Phi) is 5.30. The molecular formula is C19H16N2O3S. The third-order valence-corrected chi connectivity index (χ3v) is 4.26. The van der Waals surface area contributed by atoms with Gasteiger partial charge in [-0.05, 0) is 41.3 Å². The lowest BCUT2D eigenvalue weighted by atomic mass is 10.1. The summed E-state index contributed by atoms with van der Waals surface area (Å²) in [4.78, 5) is 28.2. The fourth-order valence-electron chi connectivity index (χ4n) is 2.38. The highest BCUT2D eigenvalue weighted by Gasteiger charge is 2.14. The molecule has 3 aromatic rings. The Morgan fingerprint density at radius 1 is 1.08 bits per heavy atom. The van der Waals surface area contributed by atoms with Crippen LogP contribution in [-0.4, -0.2) is 29.7 Å². The number of rotatable bonds is 5. The summed E-state index contributed by atoms with van der Waals surface area (Å²) in [6.07, 6.45) is 3.43. The monoisotopic (exact) mass is 352 g/mol. The average Bonchev–Trinajstić information content (AvgIpc) is 2.66. The summed E-state index contributed by atoms with van der Waals surface area (Å²) in [7, 11) is 0. The molecule has 0 spiro atoms. The molecule has 126 valence electrons. The lowest BCUT2D eigenvalue weighted by Gasteiger charge is -2.09. The number of hydrogen-bond donors (Lipinski definition) is 1. The fraction of sp³-hybridized carbons (Fsp3) is 0.105. The molecule has 1 aromatic heterocycles. The first-order valence-corrected chi connectivity index (χ1v) is 8.84. The zero-order valence-electron chi connectivity index (χ0n) is 13.6. The van der Waals surface area contributed by atoms with E-state index in [-0.39, 0.29) is 6.61 Å². The van der Waals surface area contributed by atoms with Gasteiger partial charge in [-0.3, -0.25) is 4.79 Å². The number of hydrogen-bond acceptors (Lipinski definition) is 5. The molecule has 6 heteroatoms. The van der Waals surface area contributed by atoms with Crippen LogP contribution in [0.25, 0.3) is 10.8 Å². The lowest BCUT2D eigenvalue weighted by molar-refractivity contribution is -0.119. The topological polar surface area (TPSA) is 68.3 Å². The number of carbonyl (C=O) groups excluding carboxylic acids is 2. The quantitative estimate of drug-likeness (QED) is 0.559. The molecule has 0 aliphatic rings. The van der Waals surface area contributed by atoms with Crippen molar-refractivity contribution in [3.05, 3.63) is 66.4 Å². The van der Waals surface area contributed by atoms with Crippen LogP contribution < -0.4 is 5.32 Å². The van der Waals surface area contributed by atoms with Gasteiger partial charge < -0.3 is 10.1 Å². The number of fused-ring (bicyclic) bond motifs is 1. The second kappa shape index (κ2) is 7.81. The molecule has 1 N–H and O–H groups in total. The molecule has 0 aliphatic carbocycles. The molecule has 0 fully saturated rings. The van der Waals surface area contributed by atoms with E-state index in [0.29, 0.717) is 16.3 Å². The molecular weight excluding hydrogens is 336 g/mol. The Balaban J connectivity index is 1.61. The van der Waals surface area contributed by atoms with Crippen molar-refractivity contribution >= 4 is 40.1 Å². The number of anilines is 1. The first-order chi connectivity index (χ1) is 12.2. The van der Waals surface area contributed by atoms with Crippen LogP contribution in [0.15, 0.2) is 65.8 Å².